The molecule has 0 spiro atoms. The van der Waals surface area contributed by atoms with Crippen molar-refractivity contribution in [1.29, 1.82) is 0 Å². The molecule has 2 heterocycles. The van der Waals surface area contributed by atoms with Crippen LogP contribution < -0.4 is 5.32 Å². The number of rotatable bonds is 0. The molecule has 3 aromatic rings. The molecule has 0 bridgehead atoms. The Hall–Kier alpha value is -2.35. The normalized spacial score (nSPS) is 12.1. The molecule has 2 nitrogen and oxygen atoms in total. The van der Waals surface area contributed by atoms with Gasteiger partial charge in [-0.1, -0.05) is 30.3 Å². The van der Waals surface area contributed by atoms with Gasteiger partial charge in [0.15, 0.2) is 0 Å². The molecular weight excluding hydrogens is 220 g/mol. The Bertz CT molecular complexity index is 775. The minimum atomic E-state index is 1.06. The molecule has 86 valence electrons. The van der Waals surface area contributed by atoms with Crippen LogP contribution in [0.2, 0.25) is 0 Å². The molecule has 0 fully saturated rings. The maximum atomic E-state index is 4.73. The van der Waals surface area contributed by atoms with Crippen LogP contribution in [0.1, 0.15) is 5.69 Å². The standard InChI is InChI=1S/C16H12N2/c1-10-9-11-5-4-8-14-15(11)16(17-10)12-6-2-3-7-13(12)18-14/h2-9,18H,1H3. The minimum absolute atomic E-state index is 1.06. The first-order valence-electron chi connectivity index (χ1n) is 6.10. The highest BCUT2D eigenvalue weighted by Gasteiger charge is 2.18. The van der Waals surface area contributed by atoms with E-state index in [1.165, 1.54) is 16.3 Å². The lowest BCUT2D eigenvalue weighted by molar-refractivity contribution is 1.22. The highest BCUT2D eigenvalue weighted by molar-refractivity contribution is 6.09. The topological polar surface area (TPSA) is 24.9 Å². The predicted octanol–water partition coefficient (Wildman–Crippen LogP) is 4.27. The second-order valence-electron chi connectivity index (χ2n) is 4.69. The number of nitrogens with zero attached hydrogens (tertiary/aromatic N) is 1. The van der Waals surface area contributed by atoms with Crippen LogP contribution in [0.25, 0.3) is 22.0 Å². The van der Waals surface area contributed by atoms with Gasteiger partial charge in [-0.25, -0.2) is 0 Å². The average molecular weight is 232 g/mol. The monoisotopic (exact) mass is 232 g/mol. The van der Waals surface area contributed by atoms with E-state index in [9.17, 15) is 0 Å². The van der Waals surface area contributed by atoms with Crippen molar-refractivity contribution >= 4 is 22.1 Å². The first-order valence-corrected chi connectivity index (χ1v) is 6.10. The molecule has 2 heteroatoms. The summed E-state index contributed by atoms with van der Waals surface area (Å²) in [5, 5.41) is 5.96. The van der Waals surface area contributed by atoms with Gasteiger partial charge in [0.25, 0.3) is 0 Å². The second kappa shape index (κ2) is 3.33. The zero-order valence-corrected chi connectivity index (χ0v) is 10.1. The van der Waals surface area contributed by atoms with Gasteiger partial charge >= 0.3 is 0 Å². The largest absolute Gasteiger partial charge is 0.354 e. The third-order valence-electron chi connectivity index (χ3n) is 3.44. The molecule has 18 heavy (non-hydrogen) atoms. The van der Waals surface area contributed by atoms with E-state index in [1.807, 2.05) is 13.0 Å². The molecular formula is C16H12N2. The van der Waals surface area contributed by atoms with Gasteiger partial charge in [-0.3, -0.25) is 4.98 Å². The fraction of sp³-hybridized carbons (Fsp3) is 0.0625. The molecule has 1 aliphatic heterocycles. The highest BCUT2D eigenvalue weighted by atomic mass is 14.9. The zero-order valence-electron chi connectivity index (χ0n) is 10.1. The van der Waals surface area contributed by atoms with E-state index in [2.05, 4.69) is 47.8 Å². The van der Waals surface area contributed by atoms with Crippen LogP contribution >= 0.6 is 0 Å². The molecule has 1 aromatic heterocycles. The Morgan fingerprint density at radius 3 is 2.72 bits per heavy atom. The molecule has 0 amide bonds. The van der Waals surface area contributed by atoms with Crippen molar-refractivity contribution in [3.63, 3.8) is 0 Å². The van der Waals surface area contributed by atoms with E-state index >= 15 is 0 Å². The second-order valence-corrected chi connectivity index (χ2v) is 4.69. The Labute approximate surface area is 105 Å². The zero-order chi connectivity index (χ0) is 12.1. The summed E-state index contributed by atoms with van der Waals surface area (Å²) in [5.74, 6) is 0. The number of aromatic nitrogens is 1. The fourth-order valence-corrected chi connectivity index (χ4v) is 2.69. The lowest BCUT2D eigenvalue weighted by Gasteiger charge is -2.21. The Balaban J connectivity index is 2.22. The maximum absolute atomic E-state index is 4.73. The van der Waals surface area contributed by atoms with Crippen LogP contribution in [0.5, 0.6) is 0 Å². The van der Waals surface area contributed by atoms with Gasteiger partial charge in [-0.15, -0.1) is 0 Å². The van der Waals surface area contributed by atoms with Crippen LogP contribution in [0.4, 0.5) is 11.4 Å². The number of hydrogen-bond donors (Lipinski definition) is 1. The van der Waals surface area contributed by atoms with E-state index in [-0.39, 0.29) is 0 Å². The SMILES string of the molecule is Cc1cc2cccc3c2c(n1)-c1ccccc1N3. The highest BCUT2D eigenvalue weighted by Crippen LogP contribution is 2.42. The summed E-state index contributed by atoms with van der Waals surface area (Å²) in [6.07, 6.45) is 0. The molecule has 0 unspecified atom stereocenters. The van der Waals surface area contributed by atoms with Crippen LogP contribution in [0, 0.1) is 6.92 Å². The number of anilines is 2. The Morgan fingerprint density at radius 2 is 1.78 bits per heavy atom. The van der Waals surface area contributed by atoms with Crippen molar-refractivity contribution in [2.45, 2.75) is 6.92 Å². The van der Waals surface area contributed by atoms with Crippen LogP contribution in [-0.2, 0) is 0 Å². The molecule has 2 aromatic carbocycles. The molecule has 0 atom stereocenters. The van der Waals surface area contributed by atoms with Gasteiger partial charge < -0.3 is 5.32 Å². The molecule has 0 aliphatic carbocycles. The van der Waals surface area contributed by atoms with E-state index in [0.29, 0.717) is 0 Å². The van der Waals surface area contributed by atoms with Gasteiger partial charge in [0, 0.05) is 28.0 Å². The molecule has 0 saturated carbocycles. The summed E-state index contributed by atoms with van der Waals surface area (Å²) in [6.45, 7) is 2.05. The third-order valence-corrected chi connectivity index (χ3v) is 3.44. The smallest absolute Gasteiger partial charge is 0.0825 e. The summed E-state index contributed by atoms with van der Waals surface area (Å²) in [4.78, 5) is 4.73. The summed E-state index contributed by atoms with van der Waals surface area (Å²) in [7, 11) is 0. The number of para-hydroxylation sites is 1. The van der Waals surface area contributed by atoms with Crippen molar-refractivity contribution in [3.05, 3.63) is 54.2 Å². The first-order chi connectivity index (χ1) is 8.83. The summed E-state index contributed by atoms with van der Waals surface area (Å²) in [6, 6.07) is 16.8. The quantitative estimate of drug-likeness (QED) is 0.490. The van der Waals surface area contributed by atoms with Gasteiger partial charge in [-0.05, 0) is 30.5 Å². The maximum Gasteiger partial charge on any atom is 0.0825 e. The van der Waals surface area contributed by atoms with E-state index in [4.69, 9.17) is 4.98 Å². The van der Waals surface area contributed by atoms with Gasteiger partial charge in [0.2, 0.25) is 0 Å². The van der Waals surface area contributed by atoms with Gasteiger partial charge in [0.1, 0.15) is 0 Å². The first kappa shape index (κ1) is 9.66. The lowest BCUT2D eigenvalue weighted by Crippen LogP contribution is -2.03. The fourth-order valence-electron chi connectivity index (χ4n) is 2.69. The Morgan fingerprint density at radius 1 is 0.944 bits per heavy atom. The molecule has 4 rings (SSSR count). The van der Waals surface area contributed by atoms with Crippen molar-refractivity contribution < 1.29 is 0 Å². The minimum Gasteiger partial charge on any atom is -0.354 e. The van der Waals surface area contributed by atoms with Crippen LogP contribution in [0.15, 0.2) is 48.5 Å². The number of pyridine rings is 1. The van der Waals surface area contributed by atoms with Crippen molar-refractivity contribution in [1.82, 2.24) is 4.98 Å². The summed E-state index contributed by atoms with van der Waals surface area (Å²) < 4.78 is 0. The van der Waals surface area contributed by atoms with Crippen LogP contribution in [-0.4, -0.2) is 4.98 Å². The predicted molar refractivity (Wildman–Crippen MR) is 75.2 cm³/mol. The Kier molecular flexibility index (Phi) is 1.78. The summed E-state index contributed by atoms with van der Waals surface area (Å²) in [5.41, 5.74) is 5.62. The summed E-state index contributed by atoms with van der Waals surface area (Å²) >= 11 is 0. The average Bonchev–Trinajstić information content (AvgIpc) is 2.38. The van der Waals surface area contributed by atoms with Crippen molar-refractivity contribution in [3.8, 4) is 11.3 Å². The van der Waals surface area contributed by atoms with Crippen molar-refractivity contribution in [2.24, 2.45) is 0 Å². The van der Waals surface area contributed by atoms with Crippen LogP contribution in [0.3, 0.4) is 0 Å². The van der Waals surface area contributed by atoms with Gasteiger partial charge in [0.05, 0.1) is 5.69 Å². The number of hydrogen-bond acceptors (Lipinski definition) is 2. The molecule has 1 N–H and O–H groups in total. The van der Waals surface area contributed by atoms with Gasteiger partial charge in [-0.2, -0.15) is 0 Å². The third kappa shape index (κ3) is 1.20. The number of nitrogens with one attached hydrogen (secondary N) is 1. The molecule has 0 radical (unpaired) electrons. The van der Waals surface area contributed by atoms with E-state index in [1.54, 1.807) is 0 Å². The van der Waals surface area contributed by atoms with E-state index < -0.39 is 0 Å². The van der Waals surface area contributed by atoms with E-state index in [0.717, 1.165) is 22.8 Å². The number of benzene rings is 2. The lowest BCUT2D eigenvalue weighted by atomic mass is 9.97. The molecule has 1 aliphatic rings. The van der Waals surface area contributed by atoms with Crippen molar-refractivity contribution in [2.75, 3.05) is 5.32 Å². The number of fused-ring (bicyclic) bond motifs is 2. The number of aryl methyl sites for hydroxylation is 1. The molecule has 0 saturated heterocycles.